The van der Waals surface area contributed by atoms with Gasteiger partial charge in [0.2, 0.25) is 0 Å². The molecule has 0 aromatic carbocycles. The number of nitrogens with one attached hydrogen (secondary N) is 2. The lowest BCUT2D eigenvalue weighted by Crippen LogP contribution is -2.37. The minimum Gasteiger partial charge on any atom is -0.362 e. The van der Waals surface area contributed by atoms with E-state index in [0.717, 1.165) is 23.0 Å². The second kappa shape index (κ2) is 7.44. The molecular weight excluding hydrogens is 278 g/mol. The summed E-state index contributed by atoms with van der Waals surface area (Å²) in [4.78, 5) is 10.6. The van der Waals surface area contributed by atoms with Crippen molar-refractivity contribution in [2.45, 2.75) is 13.1 Å². The summed E-state index contributed by atoms with van der Waals surface area (Å²) in [5.41, 5.74) is 2.22. The van der Waals surface area contributed by atoms with E-state index in [0.29, 0.717) is 13.1 Å². The van der Waals surface area contributed by atoms with E-state index in [1.165, 1.54) is 0 Å². The van der Waals surface area contributed by atoms with E-state index >= 15 is 0 Å². The Morgan fingerprint density at radius 1 is 1.23 bits per heavy atom. The van der Waals surface area contributed by atoms with Gasteiger partial charge >= 0.3 is 0 Å². The summed E-state index contributed by atoms with van der Waals surface area (Å²) < 4.78 is 1.84. The van der Waals surface area contributed by atoms with Crippen molar-refractivity contribution in [3.8, 4) is 0 Å². The summed E-state index contributed by atoms with van der Waals surface area (Å²) in [6, 6.07) is 5.98. The number of aliphatic imine (C=N–C) groups is 1. The number of aryl methyl sites for hydroxylation is 1. The predicted octanol–water partition coefficient (Wildman–Crippen LogP) is 0.746. The first-order valence-corrected chi connectivity index (χ1v) is 7.14. The Labute approximate surface area is 131 Å². The molecule has 0 amide bonds. The van der Waals surface area contributed by atoms with E-state index in [2.05, 4.69) is 31.8 Å². The van der Waals surface area contributed by atoms with Crippen molar-refractivity contribution in [2.24, 2.45) is 12.0 Å². The Hall–Kier alpha value is -2.57. The van der Waals surface area contributed by atoms with Gasteiger partial charge in [-0.3, -0.25) is 9.67 Å². The maximum atomic E-state index is 4.39. The molecule has 0 aliphatic heterocycles. The second-order valence-corrected chi connectivity index (χ2v) is 5.11. The quantitative estimate of drug-likeness (QED) is 0.630. The standard InChI is InChI=1S/C15H23N7/c1-16-15(19-11-13-7-9-20-22(13)4)18-10-12-6-5-8-17-14(12)21(2)3/h5-9H,10-11H2,1-4H3,(H2,16,18,19). The van der Waals surface area contributed by atoms with Crippen LogP contribution in [0.1, 0.15) is 11.3 Å². The van der Waals surface area contributed by atoms with Crippen molar-refractivity contribution < 1.29 is 0 Å². The van der Waals surface area contributed by atoms with Gasteiger partial charge in [-0.05, 0) is 12.1 Å². The molecule has 0 atom stereocenters. The first kappa shape index (κ1) is 15.8. The van der Waals surface area contributed by atoms with Crippen molar-refractivity contribution in [2.75, 3.05) is 26.0 Å². The fraction of sp³-hybridized carbons (Fsp3) is 0.400. The number of pyridine rings is 1. The maximum Gasteiger partial charge on any atom is 0.191 e. The molecule has 0 saturated heterocycles. The number of rotatable bonds is 5. The zero-order chi connectivity index (χ0) is 15.9. The van der Waals surface area contributed by atoms with E-state index in [9.17, 15) is 0 Å². The summed E-state index contributed by atoms with van der Waals surface area (Å²) in [6.45, 7) is 1.33. The van der Waals surface area contributed by atoms with Crippen LogP contribution in [-0.4, -0.2) is 41.9 Å². The van der Waals surface area contributed by atoms with Crippen molar-refractivity contribution in [1.82, 2.24) is 25.4 Å². The molecule has 118 valence electrons. The number of anilines is 1. The van der Waals surface area contributed by atoms with Crippen molar-refractivity contribution in [3.05, 3.63) is 41.9 Å². The van der Waals surface area contributed by atoms with Crippen LogP contribution in [0.25, 0.3) is 0 Å². The predicted molar refractivity (Wildman–Crippen MR) is 88.8 cm³/mol. The molecule has 0 fully saturated rings. The van der Waals surface area contributed by atoms with Crippen LogP contribution in [0, 0.1) is 0 Å². The van der Waals surface area contributed by atoms with Gasteiger partial charge in [0.25, 0.3) is 0 Å². The molecule has 0 unspecified atom stereocenters. The Kier molecular flexibility index (Phi) is 5.35. The summed E-state index contributed by atoms with van der Waals surface area (Å²) in [7, 11) is 7.66. The molecular formula is C15H23N7. The van der Waals surface area contributed by atoms with Crippen LogP contribution in [-0.2, 0) is 20.1 Å². The first-order valence-electron chi connectivity index (χ1n) is 7.14. The first-order chi connectivity index (χ1) is 10.6. The largest absolute Gasteiger partial charge is 0.362 e. The van der Waals surface area contributed by atoms with Gasteiger partial charge in [-0.25, -0.2) is 4.98 Å². The molecule has 2 aromatic rings. The van der Waals surface area contributed by atoms with Crippen LogP contribution in [0.3, 0.4) is 0 Å². The number of hydrogen-bond acceptors (Lipinski definition) is 4. The van der Waals surface area contributed by atoms with Crippen LogP contribution in [0.2, 0.25) is 0 Å². The topological polar surface area (TPSA) is 70.4 Å². The van der Waals surface area contributed by atoms with Crippen LogP contribution in [0.15, 0.2) is 35.6 Å². The van der Waals surface area contributed by atoms with E-state index in [1.54, 1.807) is 19.4 Å². The zero-order valence-corrected chi connectivity index (χ0v) is 13.5. The van der Waals surface area contributed by atoms with Crippen LogP contribution in [0.4, 0.5) is 5.82 Å². The lowest BCUT2D eigenvalue weighted by molar-refractivity contribution is 0.684. The molecule has 2 aromatic heterocycles. The van der Waals surface area contributed by atoms with Crippen molar-refractivity contribution >= 4 is 11.8 Å². The summed E-state index contributed by atoms with van der Waals surface area (Å²) >= 11 is 0. The molecule has 0 saturated carbocycles. The average molecular weight is 301 g/mol. The zero-order valence-electron chi connectivity index (χ0n) is 13.5. The molecule has 7 heteroatoms. The number of guanidine groups is 1. The third-order valence-electron chi connectivity index (χ3n) is 3.32. The Balaban J connectivity index is 1.93. The normalized spacial score (nSPS) is 11.4. The molecule has 2 rings (SSSR count). The second-order valence-electron chi connectivity index (χ2n) is 5.11. The molecule has 0 aliphatic carbocycles. The van der Waals surface area contributed by atoms with E-state index < -0.39 is 0 Å². The van der Waals surface area contributed by atoms with Gasteiger partial charge in [-0.2, -0.15) is 5.10 Å². The highest BCUT2D eigenvalue weighted by atomic mass is 15.3. The molecule has 22 heavy (non-hydrogen) atoms. The van der Waals surface area contributed by atoms with Gasteiger partial charge in [0.15, 0.2) is 5.96 Å². The minimum absolute atomic E-state index is 0.659. The molecule has 0 bridgehead atoms. The lowest BCUT2D eigenvalue weighted by atomic mass is 10.2. The molecule has 2 N–H and O–H groups in total. The van der Waals surface area contributed by atoms with Crippen LogP contribution in [0.5, 0.6) is 0 Å². The highest BCUT2D eigenvalue weighted by Crippen LogP contribution is 2.13. The van der Waals surface area contributed by atoms with Gasteiger partial charge in [0.1, 0.15) is 5.82 Å². The number of hydrogen-bond donors (Lipinski definition) is 2. The number of nitrogens with zero attached hydrogens (tertiary/aromatic N) is 5. The molecule has 7 nitrogen and oxygen atoms in total. The Bertz CT molecular complexity index is 630. The Morgan fingerprint density at radius 2 is 2.00 bits per heavy atom. The van der Waals surface area contributed by atoms with Crippen LogP contribution < -0.4 is 15.5 Å². The summed E-state index contributed by atoms with van der Waals surface area (Å²) in [5, 5.41) is 10.7. The number of aromatic nitrogens is 3. The van der Waals surface area contributed by atoms with Gasteiger partial charge in [-0.1, -0.05) is 6.07 Å². The monoisotopic (exact) mass is 301 g/mol. The van der Waals surface area contributed by atoms with E-state index in [1.807, 2.05) is 42.9 Å². The fourth-order valence-electron chi connectivity index (χ4n) is 2.12. The fourth-order valence-corrected chi connectivity index (χ4v) is 2.12. The average Bonchev–Trinajstić information content (AvgIpc) is 2.93. The van der Waals surface area contributed by atoms with Gasteiger partial charge < -0.3 is 15.5 Å². The van der Waals surface area contributed by atoms with Gasteiger partial charge in [0, 0.05) is 52.7 Å². The van der Waals surface area contributed by atoms with Crippen LogP contribution >= 0.6 is 0 Å². The van der Waals surface area contributed by atoms with Gasteiger partial charge in [-0.15, -0.1) is 0 Å². The summed E-state index contributed by atoms with van der Waals surface area (Å²) in [6.07, 6.45) is 3.58. The van der Waals surface area contributed by atoms with Crippen molar-refractivity contribution in [1.29, 1.82) is 0 Å². The van der Waals surface area contributed by atoms with Gasteiger partial charge in [0.05, 0.1) is 12.2 Å². The summed E-state index contributed by atoms with van der Waals surface area (Å²) in [5.74, 6) is 1.70. The third-order valence-corrected chi connectivity index (χ3v) is 3.32. The highest BCUT2D eigenvalue weighted by molar-refractivity contribution is 5.79. The lowest BCUT2D eigenvalue weighted by Gasteiger charge is -2.17. The molecule has 0 radical (unpaired) electrons. The van der Waals surface area contributed by atoms with Crippen molar-refractivity contribution in [3.63, 3.8) is 0 Å². The smallest absolute Gasteiger partial charge is 0.191 e. The third kappa shape index (κ3) is 3.97. The van der Waals surface area contributed by atoms with E-state index in [-0.39, 0.29) is 0 Å². The minimum atomic E-state index is 0.659. The Morgan fingerprint density at radius 3 is 2.64 bits per heavy atom. The molecule has 0 spiro atoms. The van der Waals surface area contributed by atoms with E-state index in [4.69, 9.17) is 0 Å². The maximum absolute atomic E-state index is 4.39. The SMILES string of the molecule is CN=C(NCc1cccnc1N(C)C)NCc1ccnn1C. The molecule has 0 aliphatic rings. The molecule has 2 heterocycles. The highest BCUT2D eigenvalue weighted by Gasteiger charge is 2.06.